The number of nitrogens with zero attached hydrogens (tertiary/aromatic N) is 4. The van der Waals surface area contributed by atoms with Crippen molar-refractivity contribution in [2.24, 2.45) is 4.99 Å². The fraction of sp³-hybridized carbons (Fsp3) is 0.579. The Hall–Kier alpha value is -2.08. The Kier molecular flexibility index (Phi) is 6.82. The fourth-order valence-corrected chi connectivity index (χ4v) is 3.09. The number of nitrogens with one attached hydrogen (secondary N) is 2. The van der Waals surface area contributed by atoms with E-state index in [-0.39, 0.29) is 0 Å². The largest absolute Gasteiger partial charge is 0.355 e. The van der Waals surface area contributed by atoms with Gasteiger partial charge >= 0.3 is 0 Å². The van der Waals surface area contributed by atoms with E-state index in [2.05, 4.69) is 76.8 Å². The SMILES string of the molecule is CN=C(NCCN(C(C)C)C(C)C)NCc1cn2c(C)cccc2n1. The monoisotopic (exact) mass is 344 g/mol. The summed E-state index contributed by atoms with van der Waals surface area (Å²) in [7, 11) is 1.80. The van der Waals surface area contributed by atoms with E-state index < -0.39 is 0 Å². The minimum absolute atomic E-state index is 0.540. The van der Waals surface area contributed by atoms with Gasteiger partial charge in [0.1, 0.15) is 5.65 Å². The molecule has 0 aromatic carbocycles. The molecule has 6 nitrogen and oxygen atoms in total. The molecule has 0 atom stereocenters. The first-order valence-corrected chi connectivity index (χ1v) is 9.06. The molecule has 0 aliphatic heterocycles. The summed E-state index contributed by atoms with van der Waals surface area (Å²) in [4.78, 5) is 11.4. The topological polar surface area (TPSA) is 57.0 Å². The van der Waals surface area contributed by atoms with Crippen molar-refractivity contribution in [1.82, 2.24) is 24.9 Å². The van der Waals surface area contributed by atoms with Crippen LogP contribution in [0.25, 0.3) is 5.65 Å². The lowest BCUT2D eigenvalue weighted by atomic mass is 10.2. The molecule has 0 unspecified atom stereocenters. The molecule has 2 N–H and O–H groups in total. The highest BCUT2D eigenvalue weighted by atomic mass is 15.2. The maximum atomic E-state index is 4.64. The molecule has 0 aliphatic rings. The smallest absolute Gasteiger partial charge is 0.191 e. The van der Waals surface area contributed by atoms with Crippen LogP contribution >= 0.6 is 0 Å². The van der Waals surface area contributed by atoms with Gasteiger partial charge in [0.05, 0.1) is 12.2 Å². The molecule has 6 heteroatoms. The highest BCUT2D eigenvalue weighted by Gasteiger charge is 2.12. The van der Waals surface area contributed by atoms with Crippen molar-refractivity contribution in [2.45, 2.75) is 53.2 Å². The zero-order chi connectivity index (χ0) is 18.4. The lowest BCUT2D eigenvalue weighted by Crippen LogP contribution is -2.45. The van der Waals surface area contributed by atoms with E-state index in [0.717, 1.165) is 30.4 Å². The van der Waals surface area contributed by atoms with Gasteiger partial charge in [-0.3, -0.25) is 9.89 Å². The predicted molar refractivity (Wildman–Crippen MR) is 105 cm³/mol. The Bertz CT molecular complexity index is 693. The number of fused-ring (bicyclic) bond motifs is 1. The maximum Gasteiger partial charge on any atom is 0.191 e. The Labute approximate surface area is 151 Å². The first-order chi connectivity index (χ1) is 11.9. The summed E-state index contributed by atoms with van der Waals surface area (Å²) >= 11 is 0. The molecule has 2 heterocycles. The summed E-state index contributed by atoms with van der Waals surface area (Å²) in [5.41, 5.74) is 3.16. The summed E-state index contributed by atoms with van der Waals surface area (Å²) in [6.45, 7) is 13.5. The van der Waals surface area contributed by atoms with Gasteiger partial charge in [-0.15, -0.1) is 0 Å². The summed E-state index contributed by atoms with van der Waals surface area (Å²) in [5, 5.41) is 6.73. The van der Waals surface area contributed by atoms with Gasteiger partial charge in [0, 0.05) is 44.1 Å². The van der Waals surface area contributed by atoms with E-state index in [0.29, 0.717) is 18.6 Å². The third-order valence-electron chi connectivity index (χ3n) is 4.40. The van der Waals surface area contributed by atoms with E-state index in [9.17, 15) is 0 Å². The molecule has 138 valence electrons. The van der Waals surface area contributed by atoms with E-state index in [1.54, 1.807) is 7.05 Å². The molecular formula is C19H32N6. The van der Waals surface area contributed by atoms with Crippen LogP contribution in [0.1, 0.15) is 39.1 Å². The highest BCUT2D eigenvalue weighted by molar-refractivity contribution is 5.79. The van der Waals surface area contributed by atoms with E-state index in [1.165, 1.54) is 5.69 Å². The third kappa shape index (κ3) is 5.19. The molecule has 0 saturated heterocycles. The third-order valence-corrected chi connectivity index (χ3v) is 4.40. The highest BCUT2D eigenvalue weighted by Crippen LogP contribution is 2.08. The predicted octanol–water partition coefficient (Wildman–Crippen LogP) is 2.43. The van der Waals surface area contributed by atoms with Crippen LogP contribution in [0.4, 0.5) is 0 Å². The number of imidazole rings is 1. The van der Waals surface area contributed by atoms with Gasteiger partial charge in [-0.1, -0.05) is 6.07 Å². The van der Waals surface area contributed by atoms with Crippen molar-refractivity contribution in [3.05, 3.63) is 35.8 Å². The van der Waals surface area contributed by atoms with Crippen molar-refractivity contribution in [3.63, 3.8) is 0 Å². The second kappa shape index (κ2) is 8.85. The zero-order valence-corrected chi connectivity index (χ0v) is 16.4. The minimum atomic E-state index is 0.540. The van der Waals surface area contributed by atoms with Crippen molar-refractivity contribution >= 4 is 11.6 Å². The van der Waals surface area contributed by atoms with E-state index >= 15 is 0 Å². The summed E-state index contributed by atoms with van der Waals surface area (Å²) < 4.78 is 2.11. The van der Waals surface area contributed by atoms with Crippen molar-refractivity contribution in [3.8, 4) is 0 Å². The maximum absolute atomic E-state index is 4.64. The average Bonchev–Trinajstić information content (AvgIpc) is 2.98. The number of aromatic nitrogens is 2. The molecule has 2 rings (SSSR count). The normalized spacial score (nSPS) is 12.6. The van der Waals surface area contributed by atoms with Gasteiger partial charge in [-0.05, 0) is 46.8 Å². The standard InChI is InChI=1S/C19H32N6/c1-14(2)24(15(3)4)11-10-21-19(20-6)22-12-17-13-25-16(5)8-7-9-18(25)23-17/h7-9,13-15H,10-12H2,1-6H3,(H2,20,21,22). The Morgan fingerprint density at radius 1 is 1.20 bits per heavy atom. The van der Waals surface area contributed by atoms with E-state index in [1.807, 2.05) is 12.1 Å². The quantitative estimate of drug-likeness (QED) is 0.598. The molecule has 2 aromatic heterocycles. The van der Waals surface area contributed by atoms with Crippen LogP contribution in [0.2, 0.25) is 0 Å². The lowest BCUT2D eigenvalue weighted by molar-refractivity contribution is 0.178. The van der Waals surface area contributed by atoms with Gasteiger partial charge in [0.25, 0.3) is 0 Å². The Morgan fingerprint density at radius 3 is 2.52 bits per heavy atom. The van der Waals surface area contributed by atoms with Crippen LogP contribution in [0.3, 0.4) is 0 Å². The number of aryl methyl sites for hydroxylation is 1. The number of rotatable bonds is 7. The molecule has 25 heavy (non-hydrogen) atoms. The molecular weight excluding hydrogens is 312 g/mol. The van der Waals surface area contributed by atoms with Crippen molar-refractivity contribution in [1.29, 1.82) is 0 Å². The summed E-state index contributed by atoms with van der Waals surface area (Å²) in [6.07, 6.45) is 2.07. The first-order valence-electron chi connectivity index (χ1n) is 9.06. The van der Waals surface area contributed by atoms with Crippen LogP contribution in [0.5, 0.6) is 0 Å². The molecule has 0 saturated carbocycles. The summed E-state index contributed by atoms with van der Waals surface area (Å²) in [6, 6.07) is 7.22. The number of guanidine groups is 1. The van der Waals surface area contributed by atoms with Crippen molar-refractivity contribution < 1.29 is 0 Å². The fourth-order valence-electron chi connectivity index (χ4n) is 3.09. The molecule has 0 fully saturated rings. The molecule has 0 bridgehead atoms. The number of hydrogen-bond donors (Lipinski definition) is 2. The molecule has 0 spiro atoms. The Morgan fingerprint density at radius 2 is 1.92 bits per heavy atom. The number of aliphatic imine (C=N–C) groups is 1. The molecule has 2 aromatic rings. The second-order valence-corrected chi connectivity index (χ2v) is 6.91. The zero-order valence-electron chi connectivity index (χ0n) is 16.4. The van der Waals surface area contributed by atoms with Gasteiger partial charge in [0.2, 0.25) is 0 Å². The van der Waals surface area contributed by atoms with Gasteiger partial charge < -0.3 is 15.0 Å². The second-order valence-electron chi connectivity index (χ2n) is 6.91. The number of hydrogen-bond acceptors (Lipinski definition) is 3. The van der Waals surface area contributed by atoms with Gasteiger partial charge in [-0.25, -0.2) is 4.98 Å². The van der Waals surface area contributed by atoms with Gasteiger partial charge in [0.15, 0.2) is 5.96 Å². The molecule has 0 aliphatic carbocycles. The molecule has 0 amide bonds. The average molecular weight is 345 g/mol. The van der Waals surface area contributed by atoms with Crippen LogP contribution in [-0.2, 0) is 6.54 Å². The van der Waals surface area contributed by atoms with Crippen LogP contribution in [-0.4, -0.2) is 52.5 Å². The van der Waals surface area contributed by atoms with Crippen LogP contribution in [0.15, 0.2) is 29.4 Å². The lowest BCUT2D eigenvalue weighted by Gasteiger charge is -2.30. The summed E-state index contributed by atoms with van der Waals surface area (Å²) in [5.74, 6) is 0.807. The first kappa shape index (κ1) is 19.2. The van der Waals surface area contributed by atoms with Crippen LogP contribution < -0.4 is 10.6 Å². The van der Waals surface area contributed by atoms with Crippen molar-refractivity contribution in [2.75, 3.05) is 20.1 Å². The number of pyridine rings is 1. The minimum Gasteiger partial charge on any atom is -0.355 e. The Balaban J connectivity index is 1.86. The van der Waals surface area contributed by atoms with Gasteiger partial charge in [-0.2, -0.15) is 0 Å². The van der Waals surface area contributed by atoms with E-state index in [4.69, 9.17) is 0 Å². The molecule has 0 radical (unpaired) electrons. The van der Waals surface area contributed by atoms with Crippen LogP contribution in [0, 0.1) is 6.92 Å².